The van der Waals surface area contributed by atoms with E-state index in [9.17, 15) is 4.79 Å². The van der Waals surface area contributed by atoms with E-state index in [1.807, 2.05) is 19.1 Å². The molecule has 2 heterocycles. The van der Waals surface area contributed by atoms with E-state index in [4.69, 9.17) is 0 Å². The first-order chi connectivity index (χ1) is 7.70. The Morgan fingerprint density at radius 1 is 1.56 bits per heavy atom. The Hall–Kier alpha value is -2.11. The molecule has 84 valence electrons. The van der Waals surface area contributed by atoms with Gasteiger partial charge >= 0.3 is 5.97 Å². The average Bonchev–Trinajstić information content (AvgIpc) is 2.73. The molecule has 0 saturated heterocycles. The Bertz CT molecular complexity index is 521. The van der Waals surface area contributed by atoms with Crippen LogP contribution in [0.3, 0.4) is 0 Å². The SMILES string of the molecule is COC(=O)CNc1cc(C)cc2ncnn12. The van der Waals surface area contributed by atoms with Gasteiger partial charge in [-0.05, 0) is 24.6 Å². The van der Waals surface area contributed by atoms with Crippen LogP contribution in [0.25, 0.3) is 5.65 Å². The van der Waals surface area contributed by atoms with E-state index in [1.165, 1.54) is 13.4 Å². The number of methoxy groups -OCH3 is 1. The number of ether oxygens (including phenoxy) is 1. The molecular weight excluding hydrogens is 208 g/mol. The van der Waals surface area contributed by atoms with Crippen molar-refractivity contribution in [3.05, 3.63) is 24.0 Å². The maximum atomic E-state index is 11.0. The van der Waals surface area contributed by atoms with Crippen LogP contribution >= 0.6 is 0 Å². The monoisotopic (exact) mass is 220 g/mol. The predicted molar refractivity (Wildman–Crippen MR) is 58.2 cm³/mol. The van der Waals surface area contributed by atoms with Crippen molar-refractivity contribution in [3.8, 4) is 0 Å². The summed E-state index contributed by atoms with van der Waals surface area (Å²) >= 11 is 0. The molecule has 2 rings (SSSR count). The number of carbonyl (C=O) groups is 1. The number of nitrogens with one attached hydrogen (secondary N) is 1. The van der Waals surface area contributed by atoms with Crippen LogP contribution < -0.4 is 5.32 Å². The molecule has 0 unspecified atom stereocenters. The van der Waals surface area contributed by atoms with Crippen molar-refractivity contribution in [2.45, 2.75) is 6.92 Å². The molecule has 0 aromatic carbocycles. The topological polar surface area (TPSA) is 68.5 Å². The van der Waals surface area contributed by atoms with Gasteiger partial charge in [-0.2, -0.15) is 9.61 Å². The average molecular weight is 220 g/mol. The molecule has 0 aliphatic rings. The summed E-state index contributed by atoms with van der Waals surface area (Å²) < 4.78 is 6.18. The van der Waals surface area contributed by atoms with Crippen molar-refractivity contribution in [2.75, 3.05) is 19.0 Å². The van der Waals surface area contributed by atoms with Crippen LogP contribution in [0.4, 0.5) is 5.82 Å². The third-order valence-corrected chi connectivity index (χ3v) is 2.16. The molecule has 0 bridgehead atoms. The quantitative estimate of drug-likeness (QED) is 0.768. The number of esters is 1. The van der Waals surface area contributed by atoms with Crippen LogP contribution in [0.5, 0.6) is 0 Å². The summed E-state index contributed by atoms with van der Waals surface area (Å²) in [5, 5.41) is 7.01. The lowest BCUT2D eigenvalue weighted by Crippen LogP contribution is -2.17. The van der Waals surface area contributed by atoms with Gasteiger partial charge in [0.25, 0.3) is 0 Å². The van der Waals surface area contributed by atoms with Crippen LogP contribution in [-0.2, 0) is 9.53 Å². The second kappa shape index (κ2) is 4.18. The zero-order valence-corrected chi connectivity index (χ0v) is 9.10. The number of rotatable bonds is 3. The van der Waals surface area contributed by atoms with Crippen LogP contribution in [0.15, 0.2) is 18.5 Å². The number of aromatic nitrogens is 3. The number of hydrogen-bond donors (Lipinski definition) is 1. The second-order valence-corrected chi connectivity index (χ2v) is 3.38. The molecule has 0 aliphatic carbocycles. The summed E-state index contributed by atoms with van der Waals surface area (Å²) in [5.74, 6) is 0.396. The van der Waals surface area contributed by atoms with Gasteiger partial charge in [0.05, 0.1) is 7.11 Å². The molecule has 0 spiro atoms. The third kappa shape index (κ3) is 1.95. The van der Waals surface area contributed by atoms with Crippen molar-refractivity contribution in [1.29, 1.82) is 0 Å². The highest BCUT2D eigenvalue weighted by molar-refractivity contribution is 5.74. The molecular formula is C10H12N4O2. The van der Waals surface area contributed by atoms with E-state index < -0.39 is 0 Å². The van der Waals surface area contributed by atoms with Crippen molar-refractivity contribution in [3.63, 3.8) is 0 Å². The maximum Gasteiger partial charge on any atom is 0.325 e. The Kier molecular flexibility index (Phi) is 2.72. The molecule has 0 amide bonds. The van der Waals surface area contributed by atoms with E-state index in [2.05, 4.69) is 20.1 Å². The van der Waals surface area contributed by atoms with Gasteiger partial charge in [0.2, 0.25) is 0 Å². The molecule has 16 heavy (non-hydrogen) atoms. The van der Waals surface area contributed by atoms with E-state index in [1.54, 1.807) is 4.52 Å². The number of fused-ring (bicyclic) bond motifs is 1. The molecule has 2 aromatic heterocycles. The molecule has 6 nitrogen and oxygen atoms in total. The zero-order chi connectivity index (χ0) is 11.5. The van der Waals surface area contributed by atoms with Crippen LogP contribution in [0.1, 0.15) is 5.56 Å². The summed E-state index contributed by atoms with van der Waals surface area (Å²) in [6, 6.07) is 3.81. The van der Waals surface area contributed by atoms with Gasteiger partial charge in [0.15, 0.2) is 5.65 Å². The van der Waals surface area contributed by atoms with Crippen LogP contribution in [0.2, 0.25) is 0 Å². The van der Waals surface area contributed by atoms with Crippen molar-refractivity contribution < 1.29 is 9.53 Å². The first-order valence-electron chi connectivity index (χ1n) is 4.82. The lowest BCUT2D eigenvalue weighted by Gasteiger charge is -2.07. The normalized spacial score (nSPS) is 10.4. The van der Waals surface area contributed by atoms with Crippen molar-refractivity contribution >= 4 is 17.4 Å². The summed E-state index contributed by atoms with van der Waals surface area (Å²) in [7, 11) is 1.35. The Labute approximate surface area is 92.2 Å². The summed E-state index contributed by atoms with van der Waals surface area (Å²) in [4.78, 5) is 15.1. The van der Waals surface area contributed by atoms with Crippen LogP contribution in [-0.4, -0.2) is 34.2 Å². The van der Waals surface area contributed by atoms with Gasteiger partial charge in [-0.3, -0.25) is 4.79 Å². The van der Waals surface area contributed by atoms with Crippen LogP contribution in [0, 0.1) is 6.92 Å². The number of hydrogen-bond acceptors (Lipinski definition) is 5. The van der Waals surface area contributed by atoms with E-state index in [0.717, 1.165) is 17.0 Å². The molecule has 0 aliphatic heterocycles. The minimum atomic E-state index is -0.324. The number of pyridine rings is 1. The highest BCUT2D eigenvalue weighted by Gasteiger charge is 2.05. The standard InChI is InChI=1S/C10H12N4O2/c1-7-3-8(11-5-10(15)16-2)14-9(4-7)12-6-13-14/h3-4,6,11H,5H2,1-2H3. The van der Waals surface area contributed by atoms with Gasteiger partial charge in [-0.1, -0.05) is 0 Å². The van der Waals surface area contributed by atoms with E-state index in [-0.39, 0.29) is 12.5 Å². The summed E-state index contributed by atoms with van der Waals surface area (Å²) in [6.07, 6.45) is 1.47. The van der Waals surface area contributed by atoms with E-state index >= 15 is 0 Å². The van der Waals surface area contributed by atoms with E-state index in [0.29, 0.717) is 0 Å². The summed E-state index contributed by atoms with van der Waals surface area (Å²) in [6.45, 7) is 2.06. The maximum absolute atomic E-state index is 11.0. The molecule has 0 atom stereocenters. The number of nitrogens with zero attached hydrogens (tertiary/aromatic N) is 3. The molecule has 0 fully saturated rings. The van der Waals surface area contributed by atoms with Gasteiger partial charge in [0, 0.05) is 0 Å². The first kappa shape index (κ1) is 10.4. The second-order valence-electron chi connectivity index (χ2n) is 3.38. The summed E-state index contributed by atoms with van der Waals surface area (Å²) in [5.41, 5.74) is 1.79. The number of anilines is 1. The van der Waals surface area contributed by atoms with Gasteiger partial charge in [-0.15, -0.1) is 0 Å². The number of aryl methyl sites for hydroxylation is 1. The molecule has 6 heteroatoms. The van der Waals surface area contributed by atoms with Crippen molar-refractivity contribution in [1.82, 2.24) is 14.6 Å². The number of carbonyl (C=O) groups excluding carboxylic acids is 1. The molecule has 1 N–H and O–H groups in total. The van der Waals surface area contributed by atoms with Gasteiger partial charge in [0.1, 0.15) is 18.7 Å². The zero-order valence-electron chi connectivity index (χ0n) is 9.10. The Balaban J connectivity index is 2.28. The first-order valence-corrected chi connectivity index (χ1v) is 4.82. The van der Waals surface area contributed by atoms with Crippen molar-refractivity contribution in [2.24, 2.45) is 0 Å². The smallest absolute Gasteiger partial charge is 0.325 e. The van der Waals surface area contributed by atoms with Gasteiger partial charge < -0.3 is 10.1 Å². The Morgan fingerprint density at radius 3 is 3.12 bits per heavy atom. The lowest BCUT2D eigenvalue weighted by atomic mass is 10.3. The molecule has 0 saturated carbocycles. The molecule has 0 radical (unpaired) electrons. The third-order valence-electron chi connectivity index (χ3n) is 2.16. The predicted octanol–water partition coefficient (Wildman–Crippen LogP) is 0.623. The fraction of sp³-hybridized carbons (Fsp3) is 0.300. The van der Waals surface area contributed by atoms with Gasteiger partial charge in [-0.25, -0.2) is 4.98 Å². The fourth-order valence-electron chi connectivity index (χ4n) is 1.42. The fourth-order valence-corrected chi connectivity index (χ4v) is 1.42. The Morgan fingerprint density at radius 2 is 2.38 bits per heavy atom. The minimum absolute atomic E-state index is 0.106. The highest BCUT2D eigenvalue weighted by atomic mass is 16.5. The minimum Gasteiger partial charge on any atom is -0.468 e. The largest absolute Gasteiger partial charge is 0.468 e. The molecule has 2 aromatic rings. The highest BCUT2D eigenvalue weighted by Crippen LogP contribution is 2.12. The lowest BCUT2D eigenvalue weighted by molar-refractivity contribution is -0.138.